The van der Waals surface area contributed by atoms with Crippen LogP contribution >= 0.6 is 0 Å². The molecule has 1 heterocycles. The van der Waals surface area contributed by atoms with Crippen molar-refractivity contribution in [3.8, 4) is 23.3 Å². The molecule has 4 rings (SSSR count). The molecule has 1 aliphatic carbocycles. The number of nitrogens with zero attached hydrogens (tertiary/aromatic N) is 2. The number of aliphatic carboxylic acids is 1. The zero-order valence-electron chi connectivity index (χ0n) is 28.1. The first kappa shape index (κ1) is 40.0. The number of anilines is 1. The largest absolute Gasteiger partial charge is 0.490 e. The number of halogens is 5. The molecule has 1 aromatic heterocycles. The molecule has 51 heavy (non-hydrogen) atoms. The number of carbonyl (C=O) groups excluding carboxylic acids is 1. The number of aromatic carboxylic acids is 1. The van der Waals surface area contributed by atoms with Crippen molar-refractivity contribution >= 4 is 29.4 Å². The Labute approximate surface area is 289 Å². The highest BCUT2D eigenvalue weighted by Crippen LogP contribution is 2.40. The maximum Gasteiger partial charge on any atom is 0.490 e. The molecule has 0 bridgehead atoms. The van der Waals surface area contributed by atoms with Crippen molar-refractivity contribution in [2.45, 2.75) is 84.1 Å². The lowest BCUT2D eigenvalue weighted by Crippen LogP contribution is -2.38. The van der Waals surface area contributed by atoms with E-state index in [9.17, 15) is 27.9 Å². The van der Waals surface area contributed by atoms with Crippen molar-refractivity contribution in [3.05, 3.63) is 70.8 Å². The Balaban J connectivity index is 0.000000908. The number of amidine groups is 1. The van der Waals surface area contributed by atoms with E-state index in [2.05, 4.69) is 10.3 Å². The minimum absolute atomic E-state index is 0.0100. The number of rotatable bonds is 11. The normalized spacial score (nSPS) is 13.2. The van der Waals surface area contributed by atoms with Gasteiger partial charge in [-0.25, -0.2) is 9.59 Å². The van der Waals surface area contributed by atoms with Gasteiger partial charge in [-0.15, -0.1) is 0 Å². The van der Waals surface area contributed by atoms with Crippen molar-refractivity contribution in [2.24, 2.45) is 5.73 Å². The van der Waals surface area contributed by atoms with E-state index in [0.717, 1.165) is 38.2 Å². The summed E-state index contributed by atoms with van der Waals surface area (Å²) in [6.07, 6.45) is -0.251. The number of carboxylic acid groups (broad SMARTS) is 2. The number of amides is 1. The van der Waals surface area contributed by atoms with Crippen LogP contribution in [-0.2, 0) is 4.79 Å². The molecule has 17 heteroatoms. The second-order valence-electron chi connectivity index (χ2n) is 12.1. The lowest BCUT2D eigenvalue weighted by Gasteiger charge is -2.33. The number of hydrogen-bond acceptors (Lipinski definition) is 8. The van der Waals surface area contributed by atoms with Crippen LogP contribution in [-0.4, -0.2) is 63.2 Å². The van der Waals surface area contributed by atoms with Gasteiger partial charge in [0, 0.05) is 29.3 Å². The summed E-state index contributed by atoms with van der Waals surface area (Å²) in [7, 11) is 0. The first-order valence-electron chi connectivity index (χ1n) is 15.8. The van der Waals surface area contributed by atoms with Crippen LogP contribution in [0.1, 0.15) is 86.1 Å². The molecule has 0 radical (unpaired) electrons. The van der Waals surface area contributed by atoms with Crippen LogP contribution < -0.4 is 25.4 Å². The number of nitrogens with one attached hydrogen (secondary N) is 2. The number of carbonyl (C=O) groups is 3. The Morgan fingerprint density at radius 2 is 1.49 bits per heavy atom. The summed E-state index contributed by atoms with van der Waals surface area (Å²) in [5, 5.41) is 27.7. The van der Waals surface area contributed by atoms with Gasteiger partial charge >= 0.3 is 18.1 Å². The van der Waals surface area contributed by atoms with Crippen LogP contribution in [0, 0.1) is 17.0 Å². The Morgan fingerprint density at radius 1 is 0.922 bits per heavy atom. The molecule has 276 valence electrons. The number of aromatic nitrogens is 1. The number of alkyl halides is 3. The minimum atomic E-state index is -5.08. The van der Waals surface area contributed by atoms with E-state index in [1.54, 1.807) is 39.8 Å². The molecular formula is C34H38F5N5O7. The average molecular weight is 724 g/mol. The average Bonchev–Trinajstić information content (AvgIpc) is 3.05. The molecule has 12 nitrogen and oxygen atoms in total. The summed E-state index contributed by atoms with van der Waals surface area (Å²) in [4.78, 5) is 39.4. The van der Waals surface area contributed by atoms with Crippen molar-refractivity contribution in [3.63, 3.8) is 0 Å². The van der Waals surface area contributed by atoms with E-state index < -0.39 is 58.7 Å². The van der Waals surface area contributed by atoms with Gasteiger partial charge in [-0.2, -0.15) is 26.9 Å². The highest BCUT2D eigenvalue weighted by Gasteiger charge is 2.38. The number of carboxylic acids is 2. The van der Waals surface area contributed by atoms with Crippen molar-refractivity contribution in [1.82, 2.24) is 10.3 Å². The van der Waals surface area contributed by atoms with E-state index in [1.807, 2.05) is 0 Å². The number of nitrogens with two attached hydrogens (primary N) is 1. The Bertz CT molecular complexity index is 1750. The summed E-state index contributed by atoms with van der Waals surface area (Å²) >= 11 is 0. The predicted octanol–water partition coefficient (Wildman–Crippen LogP) is 7.25. The van der Waals surface area contributed by atoms with E-state index in [1.165, 1.54) is 29.2 Å². The van der Waals surface area contributed by atoms with Crippen LogP contribution in [0.25, 0.3) is 0 Å². The molecule has 1 aliphatic rings. The van der Waals surface area contributed by atoms with Gasteiger partial charge in [-0.05, 0) is 70.9 Å². The molecule has 1 fully saturated rings. The molecule has 0 unspecified atom stereocenters. The van der Waals surface area contributed by atoms with Crippen LogP contribution in [0.4, 0.5) is 27.6 Å². The standard InChI is InChI=1S/C32H37F2N5O5.C2HF3O2/c1-17(2)39(18(3)4)27-25(33)30(43-22-12-8-9-19(15-22)28(35)36)38-31(26(27)34)44-24-14-13-20(16-23(24)32(41)42)29(40)37-21-10-6-5-7-11-21;3-2(4,5)1(6)7/h8-9,12-18,21H,5-7,10-11H2,1-4H3,(H3,35,36)(H,37,40)(H,41,42);(H,6,7). The predicted molar refractivity (Wildman–Crippen MR) is 176 cm³/mol. The molecule has 3 aromatic rings. The molecule has 6 N–H and O–H groups in total. The molecule has 0 aliphatic heterocycles. The lowest BCUT2D eigenvalue weighted by molar-refractivity contribution is -0.192. The summed E-state index contributed by atoms with van der Waals surface area (Å²) in [6.45, 7) is 7.04. The number of nitrogen functional groups attached to an aromatic ring is 1. The number of benzene rings is 2. The second-order valence-corrected chi connectivity index (χ2v) is 12.1. The first-order chi connectivity index (χ1) is 23.8. The third-order valence-corrected chi connectivity index (χ3v) is 7.59. The summed E-state index contributed by atoms with van der Waals surface area (Å²) in [6, 6.07) is 9.05. The van der Waals surface area contributed by atoms with Crippen LogP contribution in [0.15, 0.2) is 42.5 Å². The monoisotopic (exact) mass is 723 g/mol. The fourth-order valence-electron chi connectivity index (χ4n) is 5.35. The van der Waals surface area contributed by atoms with E-state index in [4.69, 9.17) is 30.5 Å². The highest BCUT2D eigenvalue weighted by molar-refractivity contribution is 5.99. The number of ether oxygens (including phenoxy) is 2. The van der Waals surface area contributed by atoms with Gasteiger partial charge in [-0.3, -0.25) is 10.2 Å². The van der Waals surface area contributed by atoms with Gasteiger partial charge in [0.05, 0.1) is 0 Å². The van der Waals surface area contributed by atoms with E-state index in [0.29, 0.717) is 5.56 Å². The maximum absolute atomic E-state index is 16.1. The minimum Gasteiger partial charge on any atom is -0.478 e. The summed E-state index contributed by atoms with van der Waals surface area (Å²) < 4.78 is 75.2. The quantitative estimate of drug-likeness (QED) is 0.0766. The molecular weight excluding hydrogens is 685 g/mol. The van der Waals surface area contributed by atoms with Crippen LogP contribution in [0.2, 0.25) is 0 Å². The number of pyridine rings is 1. The second kappa shape index (κ2) is 17.0. The third kappa shape index (κ3) is 10.5. The van der Waals surface area contributed by atoms with Gasteiger partial charge in [0.15, 0.2) is 0 Å². The number of hydrogen-bond donors (Lipinski definition) is 5. The molecule has 0 spiro atoms. The van der Waals surface area contributed by atoms with Gasteiger partial charge < -0.3 is 35.6 Å². The van der Waals surface area contributed by atoms with Gasteiger partial charge in [0.2, 0.25) is 11.6 Å². The molecule has 1 saturated carbocycles. The molecule has 0 atom stereocenters. The smallest absolute Gasteiger partial charge is 0.478 e. The topological polar surface area (TPSA) is 188 Å². The molecule has 0 saturated heterocycles. The Kier molecular flexibility index (Phi) is 13.3. The first-order valence-corrected chi connectivity index (χ1v) is 15.8. The SMILES string of the molecule is CC(C)N(c1c(F)c(Oc2cccc(C(=N)N)c2)nc(Oc2ccc(C(=O)NC3CCCCC3)cc2C(=O)O)c1F)C(C)C.O=C(O)C(F)(F)F. The van der Waals surface area contributed by atoms with Crippen LogP contribution in [0.3, 0.4) is 0 Å². The third-order valence-electron chi connectivity index (χ3n) is 7.59. The fraction of sp³-hybridized carbons (Fsp3) is 0.382. The van der Waals surface area contributed by atoms with Crippen LogP contribution in [0.5, 0.6) is 23.3 Å². The summed E-state index contributed by atoms with van der Waals surface area (Å²) in [5.41, 5.74) is 5.10. The highest BCUT2D eigenvalue weighted by atomic mass is 19.4. The molecule has 1 amide bonds. The van der Waals surface area contributed by atoms with E-state index >= 15 is 8.78 Å². The lowest BCUT2D eigenvalue weighted by atomic mass is 9.95. The van der Waals surface area contributed by atoms with Gasteiger partial charge in [0.1, 0.15) is 28.6 Å². The zero-order valence-corrected chi connectivity index (χ0v) is 28.1. The Hall–Kier alpha value is -5.48. The maximum atomic E-state index is 16.1. The summed E-state index contributed by atoms with van der Waals surface area (Å²) in [5.74, 6) is -8.69. The van der Waals surface area contributed by atoms with Crippen molar-refractivity contribution < 1.29 is 56.0 Å². The fourth-order valence-corrected chi connectivity index (χ4v) is 5.35. The van der Waals surface area contributed by atoms with Gasteiger partial charge in [0.25, 0.3) is 17.7 Å². The Morgan fingerprint density at radius 3 is 2.00 bits per heavy atom. The molecule has 2 aromatic carbocycles. The van der Waals surface area contributed by atoms with Crippen molar-refractivity contribution in [2.75, 3.05) is 4.90 Å². The zero-order chi connectivity index (χ0) is 38.2. The van der Waals surface area contributed by atoms with E-state index in [-0.39, 0.29) is 41.0 Å². The van der Waals surface area contributed by atoms with Gasteiger partial charge in [-0.1, -0.05) is 31.4 Å². The van der Waals surface area contributed by atoms with Crippen molar-refractivity contribution in [1.29, 1.82) is 5.41 Å².